The van der Waals surface area contributed by atoms with Crippen molar-refractivity contribution >= 4 is 5.91 Å². The Labute approximate surface area is 133 Å². The van der Waals surface area contributed by atoms with Crippen molar-refractivity contribution in [3.63, 3.8) is 0 Å². The molecule has 1 aliphatic heterocycles. The summed E-state index contributed by atoms with van der Waals surface area (Å²) in [6.07, 6.45) is 4.52. The number of hydrogen-bond donors (Lipinski definition) is 1. The first-order valence-electron chi connectivity index (χ1n) is 7.89. The number of carbonyl (C=O) groups excluding carboxylic acids is 1. The standard InChI is InChI=1S/C15H20N6O2/c1-9-17-14(19-18-9)13-8-21(3-4-23-13)15(22)12-5-11(12)10-6-16-20(2)7-10/h6-7,11-13H,3-5,8H2,1-2H3,(H,17,18,19)/t11-,12-,13+/m1/s1. The van der Waals surface area contributed by atoms with Gasteiger partial charge in [-0.1, -0.05) is 0 Å². The van der Waals surface area contributed by atoms with Crippen molar-refractivity contribution in [3.05, 3.63) is 29.6 Å². The van der Waals surface area contributed by atoms with E-state index in [1.807, 2.05) is 31.3 Å². The summed E-state index contributed by atoms with van der Waals surface area (Å²) in [4.78, 5) is 18.9. The molecule has 1 saturated carbocycles. The average Bonchev–Trinajstić information content (AvgIpc) is 3.04. The fourth-order valence-corrected chi connectivity index (χ4v) is 3.21. The molecule has 1 N–H and O–H groups in total. The molecule has 0 bridgehead atoms. The molecule has 2 aliphatic rings. The maximum absolute atomic E-state index is 12.7. The Kier molecular flexibility index (Phi) is 3.41. The Morgan fingerprint density at radius 2 is 2.35 bits per heavy atom. The molecule has 2 fully saturated rings. The van der Waals surface area contributed by atoms with Gasteiger partial charge in [0.05, 0.1) is 19.3 Å². The van der Waals surface area contributed by atoms with Gasteiger partial charge < -0.3 is 9.64 Å². The van der Waals surface area contributed by atoms with Crippen LogP contribution in [0.4, 0.5) is 0 Å². The van der Waals surface area contributed by atoms with Crippen molar-refractivity contribution in [1.82, 2.24) is 29.9 Å². The third-order valence-electron chi connectivity index (χ3n) is 4.54. The minimum atomic E-state index is -0.242. The summed E-state index contributed by atoms with van der Waals surface area (Å²) in [6.45, 7) is 3.53. The second-order valence-corrected chi connectivity index (χ2v) is 6.32. The number of nitrogens with zero attached hydrogens (tertiary/aromatic N) is 5. The van der Waals surface area contributed by atoms with E-state index in [4.69, 9.17) is 4.74 Å². The lowest BCUT2D eigenvalue weighted by molar-refractivity contribution is -0.140. The quantitative estimate of drug-likeness (QED) is 0.893. The summed E-state index contributed by atoms with van der Waals surface area (Å²) in [5.74, 6) is 1.97. The molecule has 1 aliphatic carbocycles. The zero-order valence-electron chi connectivity index (χ0n) is 13.3. The van der Waals surface area contributed by atoms with E-state index in [0.717, 1.165) is 17.8 Å². The van der Waals surface area contributed by atoms with E-state index in [1.165, 1.54) is 0 Å². The summed E-state index contributed by atoms with van der Waals surface area (Å²) >= 11 is 0. The number of aromatic amines is 1. The Bertz CT molecular complexity index is 723. The van der Waals surface area contributed by atoms with Gasteiger partial charge in [0.15, 0.2) is 5.82 Å². The number of nitrogens with one attached hydrogen (secondary N) is 1. The minimum Gasteiger partial charge on any atom is -0.366 e. The molecule has 2 aromatic rings. The number of aryl methyl sites for hydroxylation is 2. The van der Waals surface area contributed by atoms with Gasteiger partial charge in [-0.25, -0.2) is 4.98 Å². The van der Waals surface area contributed by atoms with Gasteiger partial charge in [-0.05, 0) is 24.8 Å². The summed E-state index contributed by atoms with van der Waals surface area (Å²) in [5.41, 5.74) is 1.15. The van der Waals surface area contributed by atoms with E-state index in [1.54, 1.807) is 4.68 Å². The van der Waals surface area contributed by atoms with Crippen LogP contribution in [-0.2, 0) is 16.6 Å². The first-order valence-corrected chi connectivity index (χ1v) is 7.89. The zero-order valence-corrected chi connectivity index (χ0v) is 13.3. The Balaban J connectivity index is 1.41. The van der Waals surface area contributed by atoms with Gasteiger partial charge in [0.2, 0.25) is 5.91 Å². The number of ether oxygens (including phenoxy) is 1. The van der Waals surface area contributed by atoms with E-state index in [0.29, 0.717) is 31.4 Å². The van der Waals surface area contributed by atoms with Crippen molar-refractivity contribution in [3.8, 4) is 0 Å². The van der Waals surface area contributed by atoms with E-state index in [-0.39, 0.29) is 17.9 Å². The van der Waals surface area contributed by atoms with Gasteiger partial charge in [0.1, 0.15) is 11.9 Å². The third-order valence-corrected chi connectivity index (χ3v) is 4.54. The van der Waals surface area contributed by atoms with Crippen LogP contribution in [0.15, 0.2) is 12.4 Å². The van der Waals surface area contributed by atoms with Crippen molar-refractivity contribution in [1.29, 1.82) is 0 Å². The lowest BCUT2D eigenvalue weighted by Gasteiger charge is -2.31. The summed E-state index contributed by atoms with van der Waals surface area (Å²) in [6, 6.07) is 0. The van der Waals surface area contributed by atoms with Crippen LogP contribution < -0.4 is 0 Å². The van der Waals surface area contributed by atoms with Crippen LogP contribution in [0.25, 0.3) is 0 Å². The van der Waals surface area contributed by atoms with Gasteiger partial charge in [-0.2, -0.15) is 10.2 Å². The summed E-state index contributed by atoms with van der Waals surface area (Å²) in [5, 5.41) is 11.2. The highest BCUT2D eigenvalue weighted by Gasteiger charge is 2.47. The van der Waals surface area contributed by atoms with Crippen LogP contribution in [0.5, 0.6) is 0 Å². The highest BCUT2D eigenvalue weighted by molar-refractivity contribution is 5.83. The molecular formula is C15H20N6O2. The maximum atomic E-state index is 12.7. The van der Waals surface area contributed by atoms with Crippen LogP contribution >= 0.6 is 0 Å². The maximum Gasteiger partial charge on any atom is 0.226 e. The molecule has 4 rings (SSSR count). The van der Waals surface area contributed by atoms with E-state index in [2.05, 4.69) is 20.3 Å². The Morgan fingerprint density at radius 1 is 1.48 bits per heavy atom. The second kappa shape index (κ2) is 5.45. The number of amides is 1. The predicted octanol–water partition coefficient (Wildman–Crippen LogP) is 0.550. The highest BCUT2D eigenvalue weighted by atomic mass is 16.5. The van der Waals surface area contributed by atoms with Crippen molar-refractivity contribution in [2.75, 3.05) is 19.7 Å². The third kappa shape index (κ3) is 2.74. The number of H-pyrrole nitrogens is 1. The molecule has 8 heteroatoms. The number of rotatable bonds is 3. The largest absolute Gasteiger partial charge is 0.366 e. The first-order chi connectivity index (χ1) is 11.1. The fraction of sp³-hybridized carbons (Fsp3) is 0.600. The molecule has 0 spiro atoms. The van der Waals surface area contributed by atoms with Crippen LogP contribution in [0.1, 0.15) is 35.7 Å². The minimum absolute atomic E-state index is 0.0758. The van der Waals surface area contributed by atoms with Gasteiger partial charge in [0.25, 0.3) is 0 Å². The highest BCUT2D eigenvalue weighted by Crippen LogP contribution is 2.48. The van der Waals surface area contributed by atoms with E-state index >= 15 is 0 Å². The van der Waals surface area contributed by atoms with E-state index in [9.17, 15) is 4.79 Å². The molecule has 122 valence electrons. The molecule has 0 radical (unpaired) electrons. The number of hydrogen-bond acceptors (Lipinski definition) is 5. The van der Waals surface area contributed by atoms with Crippen LogP contribution in [-0.4, -0.2) is 55.5 Å². The lowest BCUT2D eigenvalue weighted by Crippen LogP contribution is -2.43. The van der Waals surface area contributed by atoms with Gasteiger partial charge in [-0.15, -0.1) is 0 Å². The molecule has 8 nitrogen and oxygen atoms in total. The number of aromatic nitrogens is 5. The smallest absolute Gasteiger partial charge is 0.226 e. The van der Waals surface area contributed by atoms with Gasteiger partial charge >= 0.3 is 0 Å². The summed E-state index contributed by atoms with van der Waals surface area (Å²) in [7, 11) is 1.90. The Hall–Kier alpha value is -2.22. The molecule has 1 saturated heterocycles. The first kappa shape index (κ1) is 14.4. The van der Waals surface area contributed by atoms with Gasteiger partial charge in [0, 0.05) is 25.7 Å². The van der Waals surface area contributed by atoms with Crippen molar-refractivity contribution < 1.29 is 9.53 Å². The zero-order chi connectivity index (χ0) is 16.0. The van der Waals surface area contributed by atoms with Crippen LogP contribution in [0.3, 0.4) is 0 Å². The normalized spacial score (nSPS) is 27.2. The molecular weight excluding hydrogens is 296 g/mol. The average molecular weight is 316 g/mol. The number of carbonyl (C=O) groups is 1. The topological polar surface area (TPSA) is 88.9 Å². The molecule has 1 amide bonds. The molecule has 0 aromatic carbocycles. The lowest BCUT2D eigenvalue weighted by atomic mass is 10.1. The van der Waals surface area contributed by atoms with Crippen molar-refractivity contribution in [2.45, 2.75) is 25.4 Å². The van der Waals surface area contributed by atoms with Gasteiger partial charge in [-0.3, -0.25) is 14.6 Å². The van der Waals surface area contributed by atoms with E-state index < -0.39 is 0 Å². The number of morpholine rings is 1. The summed E-state index contributed by atoms with van der Waals surface area (Å²) < 4.78 is 7.50. The van der Waals surface area contributed by atoms with Crippen LogP contribution in [0, 0.1) is 12.8 Å². The molecule has 23 heavy (non-hydrogen) atoms. The Morgan fingerprint density at radius 3 is 3.04 bits per heavy atom. The predicted molar refractivity (Wildman–Crippen MR) is 80.4 cm³/mol. The SMILES string of the molecule is Cc1nc([C@@H]2CN(C(=O)[C@@H]3C[C@@H]3c3cnn(C)c3)CCO2)n[nH]1. The monoisotopic (exact) mass is 316 g/mol. The fourth-order valence-electron chi connectivity index (χ4n) is 3.21. The molecule has 3 atom stereocenters. The molecule has 3 heterocycles. The molecule has 0 unspecified atom stereocenters. The van der Waals surface area contributed by atoms with Crippen LogP contribution in [0.2, 0.25) is 0 Å². The molecule has 2 aromatic heterocycles. The van der Waals surface area contributed by atoms with Crippen molar-refractivity contribution in [2.24, 2.45) is 13.0 Å². The second-order valence-electron chi connectivity index (χ2n) is 6.32.